The Kier molecular flexibility index (Phi) is 4.97. The SMILES string of the molecule is O=[PH](O)C(O)(CCN1CCCC1)[PH](=O)O. The molecule has 0 aliphatic carbocycles. The topological polar surface area (TPSA) is 98.1 Å². The second-order valence-electron chi connectivity index (χ2n) is 3.77. The molecule has 2 unspecified atom stereocenters. The molecule has 0 bridgehead atoms. The summed E-state index contributed by atoms with van der Waals surface area (Å²) in [4.78, 5) is 19.7. The number of hydrogen-bond donors (Lipinski definition) is 3. The predicted octanol–water partition coefficient (Wildman–Crippen LogP) is 0.0524. The molecule has 0 spiro atoms. The first-order valence-corrected chi connectivity index (χ1v) is 7.59. The monoisotopic (exact) mass is 257 g/mol. The maximum absolute atomic E-state index is 10.8. The molecular formula is C7H17NO5P2. The van der Waals surface area contributed by atoms with Crippen LogP contribution in [0, 0.1) is 0 Å². The molecule has 0 amide bonds. The Bertz CT molecular complexity index is 252. The molecule has 6 nitrogen and oxygen atoms in total. The van der Waals surface area contributed by atoms with Crippen molar-refractivity contribution in [3.05, 3.63) is 0 Å². The van der Waals surface area contributed by atoms with E-state index in [0.717, 1.165) is 25.9 Å². The molecule has 3 N–H and O–H groups in total. The van der Waals surface area contributed by atoms with Gasteiger partial charge in [0.1, 0.15) is 0 Å². The molecule has 90 valence electrons. The maximum atomic E-state index is 10.8. The summed E-state index contributed by atoms with van der Waals surface area (Å²) in [6.45, 7) is 2.16. The van der Waals surface area contributed by atoms with E-state index in [2.05, 4.69) is 0 Å². The van der Waals surface area contributed by atoms with Gasteiger partial charge in [0.15, 0.2) is 0 Å². The third-order valence-corrected chi connectivity index (χ3v) is 5.89. The third kappa shape index (κ3) is 3.38. The van der Waals surface area contributed by atoms with Gasteiger partial charge in [-0.1, -0.05) is 0 Å². The lowest BCUT2D eigenvalue weighted by molar-refractivity contribution is 0.156. The standard InChI is InChI=1S/C7H17NO5P2/c9-7(14(10)11,15(12)13)3-6-8-4-1-2-5-8/h9,14-15H,1-6H2,(H,10,11)(H,12,13). The summed E-state index contributed by atoms with van der Waals surface area (Å²) in [5.41, 5.74) is 0. The Morgan fingerprint density at radius 2 is 1.60 bits per heavy atom. The molecule has 0 aromatic rings. The van der Waals surface area contributed by atoms with Gasteiger partial charge in [-0.05, 0) is 25.9 Å². The molecule has 1 saturated heterocycles. The van der Waals surface area contributed by atoms with Gasteiger partial charge in [-0.2, -0.15) is 0 Å². The summed E-state index contributed by atoms with van der Waals surface area (Å²) in [7, 11) is -6.80. The molecule has 1 fully saturated rings. The zero-order valence-electron chi connectivity index (χ0n) is 8.35. The quantitative estimate of drug-likeness (QED) is 0.602. The minimum absolute atomic E-state index is 0.115. The number of likely N-dealkylation sites (tertiary alicyclic amines) is 1. The van der Waals surface area contributed by atoms with Gasteiger partial charge in [-0.25, -0.2) is 0 Å². The Hall–Kier alpha value is 0.300. The average molecular weight is 257 g/mol. The summed E-state index contributed by atoms with van der Waals surface area (Å²) in [6, 6.07) is 0. The molecule has 1 heterocycles. The fraction of sp³-hybridized carbons (Fsp3) is 1.00. The lowest BCUT2D eigenvalue weighted by Crippen LogP contribution is -2.29. The number of nitrogens with zero attached hydrogens (tertiary/aromatic N) is 1. The van der Waals surface area contributed by atoms with Crippen molar-refractivity contribution < 1.29 is 24.0 Å². The highest BCUT2D eigenvalue weighted by Crippen LogP contribution is 2.51. The van der Waals surface area contributed by atoms with Crippen LogP contribution in [0.5, 0.6) is 0 Å². The van der Waals surface area contributed by atoms with Crippen LogP contribution in [0.15, 0.2) is 0 Å². The van der Waals surface area contributed by atoms with Crippen LogP contribution in [0.3, 0.4) is 0 Å². The number of rotatable bonds is 5. The largest absolute Gasteiger partial charge is 0.371 e. The Labute approximate surface area is 89.6 Å². The van der Waals surface area contributed by atoms with Crippen LogP contribution < -0.4 is 0 Å². The van der Waals surface area contributed by atoms with E-state index in [9.17, 15) is 14.2 Å². The van der Waals surface area contributed by atoms with E-state index in [0.29, 0.717) is 6.54 Å². The van der Waals surface area contributed by atoms with E-state index in [1.807, 2.05) is 4.90 Å². The zero-order chi connectivity index (χ0) is 11.5. The highest BCUT2D eigenvalue weighted by atomic mass is 31.2. The van der Waals surface area contributed by atoms with Crippen LogP contribution in [0.2, 0.25) is 0 Å². The second kappa shape index (κ2) is 5.58. The minimum atomic E-state index is -3.40. The maximum Gasteiger partial charge on any atom is 0.229 e. The van der Waals surface area contributed by atoms with Crippen molar-refractivity contribution in [2.45, 2.75) is 24.3 Å². The van der Waals surface area contributed by atoms with Gasteiger partial charge in [-0.3, -0.25) is 9.13 Å². The van der Waals surface area contributed by atoms with Crippen molar-refractivity contribution in [3.63, 3.8) is 0 Å². The van der Waals surface area contributed by atoms with Gasteiger partial charge in [-0.15, -0.1) is 0 Å². The van der Waals surface area contributed by atoms with Crippen LogP contribution in [0.25, 0.3) is 0 Å². The van der Waals surface area contributed by atoms with Crippen LogP contribution >= 0.6 is 16.1 Å². The number of aliphatic hydroxyl groups is 1. The van der Waals surface area contributed by atoms with E-state index >= 15 is 0 Å². The molecule has 1 rings (SSSR count). The molecule has 2 atom stereocenters. The summed E-state index contributed by atoms with van der Waals surface area (Å²) < 4.78 is 21.7. The van der Waals surface area contributed by atoms with Crippen molar-refractivity contribution in [2.75, 3.05) is 19.6 Å². The Morgan fingerprint density at radius 1 is 1.13 bits per heavy atom. The number of hydrogen-bond acceptors (Lipinski definition) is 4. The molecule has 1 aliphatic rings. The van der Waals surface area contributed by atoms with Crippen LogP contribution in [-0.2, 0) is 9.13 Å². The molecule has 0 radical (unpaired) electrons. The van der Waals surface area contributed by atoms with Gasteiger partial charge in [0.05, 0.1) is 0 Å². The smallest absolute Gasteiger partial charge is 0.229 e. The van der Waals surface area contributed by atoms with Crippen LogP contribution in [0.4, 0.5) is 0 Å². The van der Waals surface area contributed by atoms with Crippen molar-refractivity contribution in [1.82, 2.24) is 4.90 Å². The summed E-state index contributed by atoms with van der Waals surface area (Å²) in [5.74, 6) is 0. The van der Waals surface area contributed by atoms with Gasteiger partial charge in [0, 0.05) is 13.0 Å². The third-order valence-electron chi connectivity index (χ3n) is 2.70. The molecule has 8 heteroatoms. The summed E-state index contributed by atoms with van der Waals surface area (Å²) >= 11 is 0. The first-order valence-electron chi connectivity index (χ1n) is 4.88. The van der Waals surface area contributed by atoms with Gasteiger partial charge < -0.3 is 19.8 Å². The van der Waals surface area contributed by atoms with Crippen molar-refractivity contribution in [1.29, 1.82) is 0 Å². The normalized spacial score (nSPS) is 26.1. The molecule has 0 aromatic heterocycles. The van der Waals surface area contributed by atoms with Crippen molar-refractivity contribution in [2.24, 2.45) is 0 Å². The van der Waals surface area contributed by atoms with Crippen molar-refractivity contribution >= 4 is 16.1 Å². The highest BCUT2D eigenvalue weighted by molar-refractivity contribution is 7.59. The predicted molar refractivity (Wildman–Crippen MR) is 57.7 cm³/mol. The average Bonchev–Trinajstić information content (AvgIpc) is 2.65. The highest BCUT2D eigenvalue weighted by Gasteiger charge is 2.39. The molecule has 0 saturated carbocycles. The van der Waals surface area contributed by atoms with Gasteiger partial charge in [0.2, 0.25) is 21.1 Å². The fourth-order valence-corrected chi connectivity index (χ4v) is 3.01. The zero-order valence-corrected chi connectivity index (χ0v) is 10.3. The second-order valence-corrected chi connectivity index (χ2v) is 7.14. The van der Waals surface area contributed by atoms with E-state index in [1.54, 1.807) is 0 Å². The summed E-state index contributed by atoms with van der Waals surface area (Å²) in [5, 5.41) is 7.29. The van der Waals surface area contributed by atoms with Crippen molar-refractivity contribution in [3.8, 4) is 0 Å². The molecule has 1 aliphatic heterocycles. The lowest BCUT2D eigenvalue weighted by Gasteiger charge is -2.24. The van der Waals surface area contributed by atoms with Gasteiger partial charge in [0.25, 0.3) is 0 Å². The van der Waals surface area contributed by atoms with Crippen LogP contribution in [0.1, 0.15) is 19.3 Å². The summed E-state index contributed by atoms with van der Waals surface area (Å²) in [6.07, 6.45) is 2.03. The first-order chi connectivity index (χ1) is 6.97. The first kappa shape index (κ1) is 13.4. The van der Waals surface area contributed by atoms with Crippen LogP contribution in [-0.4, -0.2) is 44.5 Å². The van der Waals surface area contributed by atoms with E-state index in [4.69, 9.17) is 9.79 Å². The lowest BCUT2D eigenvalue weighted by atomic mass is 10.4. The molecular weight excluding hydrogens is 240 g/mol. The molecule has 0 aromatic carbocycles. The molecule has 15 heavy (non-hydrogen) atoms. The van der Waals surface area contributed by atoms with E-state index in [1.165, 1.54) is 0 Å². The van der Waals surface area contributed by atoms with E-state index < -0.39 is 21.1 Å². The van der Waals surface area contributed by atoms with E-state index in [-0.39, 0.29) is 6.42 Å². The fourth-order valence-electron chi connectivity index (χ4n) is 1.63. The Balaban J connectivity index is 2.51. The van der Waals surface area contributed by atoms with Gasteiger partial charge >= 0.3 is 0 Å². The minimum Gasteiger partial charge on any atom is -0.371 e. The Morgan fingerprint density at radius 3 is 2.00 bits per heavy atom.